The van der Waals surface area contributed by atoms with Crippen molar-refractivity contribution in [3.05, 3.63) is 39.3 Å². The molecule has 5 nitrogen and oxygen atoms in total. The molecule has 116 valence electrons. The van der Waals surface area contributed by atoms with E-state index in [1.807, 2.05) is 30.2 Å². The lowest BCUT2D eigenvalue weighted by Gasteiger charge is -2.18. The minimum absolute atomic E-state index is 0.177. The van der Waals surface area contributed by atoms with Gasteiger partial charge in [-0.15, -0.1) is 11.3 Å². The number of aryl methyl sites for hydroxylation is 1. The molecule has 0 aromatic carbocycles. The molecular weight excluding hydrogens is 298 g/mol. The van der Waals surface area contributed by atoms with Crippen molar-refractivity contribution in [2.75, 3.05) is 18.4 Å². The molecule has 0 aliphatic rings. The number of furan rings is 1. The van der Waals surface area contributed by atoms with Gasteiger partial charge in [0, 0.05) is 17.0 Å². The minimum atomic E-state index is -0.177. The van der Waals surface area contributed by atoms with E-state index in [2.05, 4.69) is 17.5 Å². The van der Waals surface area contributed by atoms with Crippen LogP contribution in [0.4, 0.5) is 5.88 Å². The van der Waals surface area contributed by atoms with E-state index < -0.39 is 0 Å². The molecule has 2 heterocycles. The first-order chi connectivity index (χ1) is 10.5. The highest BCUT2D eigenvalue weighted by molar-refractivity contribution is 7.09. The summed E-state index contributed by atoms with van der Waals surface area (Å²) in [6.07, 6.45) is 0. The van der Waals surface area contributed by atoms with Gasteiger partial charge in [-0.2, -0.15) is 5.26 Å². The van der Waals surface area contributed by atoms with Crippen LogP contribution in [0.2, 0.25) is 0 Å². The van der Waals surface area contributed by atoms with E-state index in [0.717, 1.165) is 18.7 Å². The van der Waals surface area contributed by atoms with Gasteiger partial charge in [-0.3, -0.25) is 15.0 Å². The van der Waals surface area contributed by atoms with Gasteiger partial charge >= 0.3 is 0 Å². The van der Waals surface area contributed by atoms with Gasteiger partial charge in [0.1, 0.15) is 17.4 Å². The van der Waals surface area contributed by atoms with E-state index in [4.69, 9.17) is 9.68 Å². The average molecular weight is 317 g/mol. The maximum atomic E-state index is 12.2. The predicted octanol–water partition coefficient (Wildman–Crippen LogP) is 3.29. The lowest BCUT2D eigenvalue weighted by molar-refractivity contribution is -0.117. The van der Waals surface area contributed by atoms with Gasteiger partial charge in [-0.25, -0.2) is 0 Å². The third kappa shape index (κ3) is 3.75. The number of carbonyl (C=O) groups excluding carboxylic acids is 1. The molecule has 0 unspecified atom stereocenters. The first-order valence-electron chi connectivity index (χ1n) is 7.09. The molecule has 0 saturated heterocycles. The lowest BCUT2D eigenvalue weighted by atomic mass is 10.2. The Balaban J connectivity index is 2.00. The van der Waals surface area contributed by atoms with E-state index in [1.54, 1.807) is 18.3 Å². The van der Waals surface area contributed by atoms with Crippen LogP contribution in [-0.4, -0.2) is 23.9 Å². The van der Waals surface area contributed by atoms with Crippen LogP contribution in [0.3, 0.4) is 0 Å². The molecule has 1 N–H and O–H groups in total. The Bertz CT molecular complexity index is 683. The van der Waals surface area contributed by atoms with Crippen LogP contribution in [0.5, 0.6) is 0 Å². The van der Waals surface area contributed by atoms with Crippen LogP contribution in [0.1, 0.15) is 28.7 Å². The standard InChI is InChI=1S/C16H19N3O2S/c1-4-19(9-13-6-5-7-22-13)10-15(20)18-16-14(8-17)11(2)12(3)21-16/h5-7H,4,9-10H2,1-3H3,(H,18,20). The summed E-state index contributed by atoms with van der Waals surface area (Å²) in [6, 6.07) is 6.13. The number of carbonyl (C=O) groups is 1. The average Bonchev–Trinajstić information content (AvgIpc) is 3.07. The van der Waals surface area contributed by atoms with Crippen LogP contribution in [0, 0.1) is 25.2 Å². The number of rotatable bonds is 6. The summed E-state index contributed by atoms with van der Waals surface area (Å²) < 4.78 is 5.46. The SMILES string of the molecule is CCN(CC(=O)Nc1oc(C)c(C)c1C#N)Cc1cccs1. The summed E-state index contributed by atoms with van der Waals surface area (Å²) in [7, 11) is 0. The van der Waals surface area contributed by atoms with Crippen molar-refractivity contribution in [3.63, 3.8) is 0 Å². The largest absolute Gasteiger partial charge is 0.444 e. The van der Waals surface area contributed by atoms with Gasteiger partial charge < -0.3 is 4.42 Å². The summed E-state index contributed by atoms with van der Waals surface area (Å²) in [5.74, 6) is 0.719. The Morgan fingerprint density at radius 1 is 1.50 bits per heavy atom. The van der Waals surface area contributed by atoms with Crippen LogP contribution in [0.25, 0.3) is 0 Å². The number of amides is 1. The molecule has 0 saturated carbocycles. The molecule has 0 bridgehead atoms. The third-order valence-corrected chi connectivity index (χ3v) is 4.39. The molecule has 0 aliphatic heterocycles. The van der Waals surface area contributed by atoms with E-state index in [1.165, 1.54) is 4.88 Å². The Kier molecular flexibility index (Phi) is 5.36. The van der Waals surface area contributed by atoms with Crippen molar-refractivity contribution in [1.29, 1.82) is 5.26 Å². The molecule has 0 spiro atoms. The normalized spacial score (nSPS) is 10.7. The van der Waals surface area contributed by atoms with Crippen molar-refractivity contribution in [2.45, 2.75) is 27.3 Å². The quantitative estimate of drug-likeness (QED) is 0.887. The Morgan fingerprint density at radius 3 is 2.86 bits per heavy atom. The van der Waals surface area contributed by atoms with Crippen molar-refractivity contribution in [3.8, 4) is 6.07 Å². The molecule has 2 rings (SSSR count). The monoisotopic (exact) mass is 317 g/mol. The zero-order valence-corrected chi connectivity index (χ0v) is 13.8. The van der Waals surface area contributed by atoms with Crippen LogP contribution < -0.4 is 5.32 Å². The highest BCUT2D eigenvalue weighted by Gasteiger charge is 2.18. The smallest absolute Gasteiger partial charge is 0.240 e. The number of thiophene rings is 1. The van der Waals surface area contributed by atoms with Crippen molar-refractivity contribution in [1.82, 2.24) is 4.90 Å². The van der Waals surface area contributed by atoms with Crippen molar-refractivity contribution >= 4 is 23.1 Å². The first-order valence-corrected chi connectivity index (χ1v) is 7.97. The van der Waals surface area contributed by atoms with E-state index >= 15 is 0 Å². The number of likely N-dealkylation sites (N-methyl/N-ethyl adjacent to an activating group) is 1. The fourth-order valence-corrected chi connectivity index (χ4v) is 2.87. The molecule has 2 aromatic rings. The maximum Gasteiger partial charge on any atom is 0.240 e. The van der Waals surface area contributed by atoms with Gasteiger partial charge in [-0.05, 0) is 31.8 Å². The second-order valence-electron chi connectivity index (χ2n) is 5.03. The highest BCUT2D eigenvalue weighted by atomic mass is 32.1. The maximum absolute atomic E-state index is 12.2. The van der Waals surface area contributed by atoms with Gasteiger partial charge in [0.25, 0.3) is 0 Å². The molecule has 2 aromatic heterocycles. The minimum Gasteiger partial charge on any atom is -0.444 e. The third-order valence-electron chi connectivity index (χ3n) is 3.52. The van der Waals surface area contributed by atoms with Gasteiger partial charge in [0.15, 0.2) is 0 Å². The van der Waals surface area contributed by atoms with Gasteiger partial charge in [0.05, 0.1) is 6.54 Å². The number of nitrogens with one attached hydrogen (secondary N) is 1. The molecule has 22 heavy (non-hydrogen) atoms. The molecule has 6 heteroatoms. The fraction of sp³-hybridized carbons (Fsp3) is 0.375. The molecule has 0 fully saturated rings. The van der Waals surface area contributed by atoms with Crippen LogP contribution in [-0.2, 0) is 11.3 Å². The number of hydrogen-bond acceptors (Lipinski definition) is 5. The molecular formula is C16H19N3O2S. The summed E-state index contributed by atoms with van der Waals surface area (Å²) in [5.41, 5.74) is 1.16. The number of anilines is 1. The molecule has 0 atom stereocenters. The van der Waals surface area contributed by atoms with Crippen LogP contribution >= 0.6 is 11.3 Å². The van der Waals surface area contributed by atoms with Gasteiger partial charge in [-0.1, -0.05) is 13.0 Å². The Labute approximate surface area is 134 Å². The fourth-order valence-electron chi connectivity index (χ4n) is 2.12. The highest BCUT2D eigenvalue weighted by Crippen LogP contribution is 2.25. The number of hydrogen-bond donors (Lipinski definition) is 1. The topological polar surface area (TPSA) is 69.3 Å². The van der Waals surface area contributed by atoms with E-state index in [9.17, 15) is 4.79 Å². The van der Waals surface area contributed by atoms with E-state index in [0.29, 0.717) is 11.3 Å². The molecule has 0 radical (unpaired) electrons. The lowest BCUT2D eigenvalue weighted by Crippen LogP contribution is -2.32. The summed E-state index contributed by atoms with van der Waals surface area (Å²) in [4.78, 5) is 15.4. The number of nitrogens with zero attached hydrogens (tertiary/aromatic N) is 2. The Morgan fingerprint density at radius 2 is 2.27 bits per heavy atom. The van der Waals surface area contributed by atoms with Crippen molar-refractivity contribution in [2.24, 2.45) is 0 Å². The van der Waals surface area contributed by atoms with Gasteiger partial charge in [0.2, 0.25) is 11.8 Å². The van der Waals surface area contributed by atoms with E-state index in [-0.39, 0.29) is 18.3 Å². The molecule has 0 aliphatic carbocycles. The summed E-state index contributed by atoms with van der Waals surface area (Å²) >= 11 is 1.67. The number of nitriles is 1. The molecule has 1 amide bonds. The van der Waals surface area contributed by atoms with Crippen molar-refractivity contribution < 1.29 is 9.21 Å². The first kappa shape index (κ1) is 16.3. The van der Waals surface area contributed by atoms with Crippen LogP contribution in [0.15, 0.2) is 21.9 Å². The summed E-state index contributed by atoms with van der Waals surface area (Å²) in [5, 5.41) is 13.9. The predicted molar refractivity (Wildman–Crippen MR) is 86.8 cm³/mol. The zero-order chi connectivity index (χ0) is 16.1. The second-order valence-corrected chi connectivity index (χ2v) is 6.06. The summed E-state index contributed by atoms with van der Waals surface area (Å²) in [6.45, 7) is 7.37. The second kappa shape index (κ2) is 7.25. The Hall–Kier alpha value is -2.10. The zero-order valence-electron chi connectivity index (χ0n) is 13.0.